The zero-order valence-corrected chi connectivity index (χ0v) is 24.4. The van der Waals surface area contributed by atoms with Crippen molar-refractivity contribution < 1.29 is 35.5 Å². The van der Waals surface area contributed by atoms with Gasteiger partial charge in [-0.1, -0.05) is 6.42 Å². The molecule has 1 saturated carbocycles. The van der Waals surface area contributed by atoms with Gasteiger partial charge in [-0.3, -0.25) is 9.88 Å². The van der Waals surface area contributed by atoms with Crippen molar-refractivity contribution in [1.29, 1.82) is 0 Å². The molecular weight excluding hydrogens is 605 g/mol. The standard InChI is InChI=1S/C31H31F7N6O/c1-15-21(31(36,37)38)18(9-20(39)22(15)33)25-24(35)26-19(12-40-25)28(44-8-3-2-5-17-23(34)27(17)44)42-29(41-26)45-14-30-6-4-7-43(30)13-16(10-30)11-32/h9,11-12,17,23,27H,2-8,10,13-14,39H2,1H3/b16-11+/t17-,23-,27-,30+/m1/s1. The van der Waals surface area contributed by atoms with E-state index in [0.717, 1.165) is 45.3 Å². The summed E-state index contributed by atoms with van der Waals surface area (Å²) in [5, 5.41) is 0.0767. The molecular formula is C31H31F7N6O. The van der Waals surface area contributed by atoms with Gasteiger partial charge in [0.25, 0.3) is 0 Å². The first-order valence-electron chi connectivity index (χ1n) is 15.0. The number of nitrogens with two attached hydrogens (primary N) is 1. The van der Waals surface area contributed by atoms with E-state index in [1.165, 1.54) is 0 Å². The van der Waals surface area contributed by atoms with Crippen molar-refractivity contribution in [3.8, 4) is 17.3 Å². The van der Waals surface area contributed by atoms with Crippen molar-refractivity contribution in [1.82, 2.24) is 19.9 Å². The molecule has 0 unspecified atom stereocenters. The quantitative estimate of drug-likeness (QED) is 0.247. The molecule has 2 aromatic heterocycles. The molecule has 4 aliphatic rings. The highest BCUT2D eigenvalue weighted by Crippen LogP contribution is 2.49. The molecule has 4 atom stereocenters. The highest BCUT2D eigenvalue weighted by atomic mass is 19.4. The maximum Gasteiger partial charge on any atom is 0.417 e. The molecule has 0 spiro atoms. The normalized spacial score (nSPS) is 27.6. The fraction of sp³-hybridized carbons (Fsp3) is 0.516. The minimum Gasteiger partial charge on any atom is -0.461 e. The van der Waals surface area contributed by atoms with Crippen molar-refractivity contribution in [2.75, 3.05) is 36.9 Å². The van der Waals surface area contributed by atoms with E-state index in [-0.39, 0.29) is 35.3 Å². The lowest BCUT2D eigenvalue weighted by Gasteiger charge is -2.31. The first-order chi connectivity index (χ1) is 21.4. The van der Waals surface area contributed by atoms with Gasteiger partial charge in [0.2, 0.25) is 0 Å². The van der Waals surface area contributed by atoms with Gasteiger partial charge in [-0.15, -0.1) is 0 Å². The molecule has 45 heavy (non-hydrogen) atoms. The number of aromatic nitrogens is 3. The molecule has 3 aliphatic heterocycles. The van der Waals surface area contributed by atoms with Gasteiger partial charge in [0, 0.05) is 30.8 Å². The maximum atomic E-state index is 16.5. The Morgan fingerprint density at radius 2 is 1.93 bits per heavy atom. The Bertz CT molecular complexity index is 1710. The van der Waals surface area contributed by atoms with Crippen LogP contribution in [0.2, 0.25) is 0 Å². The molecule has 14 heteroatoms. The van der Waals surface area contributed by atoms with Gasteiger partial charge in [-0.2, -0.15) is 23.1 Å². The number of anilines is 2. The van der Waals surface area contributed by atoms with Crippen molar-refractivity contribution in [3.63, 3.8) is 0 Å². The lowest BCUT2D eigenvalue weighted by atomic mass is 9.94. The van der Waals surface area contributed by atoms with Gasteiger partial charge in [0.1, 0.15) is 35.6 Å². The van der Waals surface area contributed by atoms with Crippen molar-refractivity contribution >= 4 is 22.4 Å². The topological polar surface area (TPSA) is 80.4 Å². The Balaban J connectivity index is 1.37. The number of benzene rings is 1. The number of hydrogen-bond acceptors (Lipinski definition) is 7. The lowest BCUT2D eigenvalue weighted by Crippen LogP contribution is -2.43. The molecule has 2 N–H and O–H groups in total. The Kier molecular flexibility index (Phi) is 7.13. The molecule has 1 aromatic carbocycles. The van der Waals surface area contributed by atoms with E-state index in [4.69, 9.17) is 10.5 Å². The van der Waals surface area contributed by atoms with Gasteiger partial charge in [0.15, 0.2) is 5.82 Å². The van der Waals surface area contributed by atoms with Crippen molar-refractivity contribution in [3.05, 3.63) is 46.9 Å². The van der Waals surface area contributed by atoms with Crippen LogP contribution in [-0.4, -0.2) is 63.8 Å². The third-order valence-electron chi connectivity index (χ3n) is 9.88. The second-order valence-electron chi connectivity index (χ2n) is 12.6. The van der Waals surface area contributed by atoms with Gasteiger partial charge in [-0.05, 0) is 62.8 Å². The Morgan fingerprint density at radius 3 is 2.69 bits per heavy atom. The van der Waals surface area contributed by atoms with E-state index in [2.05, 4.69) is 19.9 Å². The van der Waals surface area contributed by atoms with Crippen LogP contribution in [0.25, 0.3) is 22.2 Å². The fourth-order valence-electron chi connectivity index (χ4n) is 7.62. The summed E-state index contributed by atoms with van der Waals surface area (Å²) in [5.74, 6) is -2.51. The molecule has 7 nitrogen and oxygen atoms in total. The van der Waals surface area contributed by atoms with Gasteiger partial charge in [-0.25, -0.2) is 17.6 Å². The smallest absolute Gasteiger partial charge is 0.417 e. The maximum absolute atomic E-state index is 16.5. The molecule has 4 fully saturated rings. The monoisotopic (exact) mass is 636 g/mol. The van der Waals surface area contributed by atoms with E-state index in [9.17, 15) is 26.3 Å². The van der Waals surface area contributed by atoms with Crippen LogP contribution < -0.4 is 15.4 Å². The average molecular weight is 637 g/mol. The number of nitrogens with zero attached hydrogens (tertiary/aromatic N) is 5. The molecule has 0 amide bonds. The third kappa shape index (κ3) is 4.86. The molecule has 7 rings (SSSR count). The van der Waals surface area contributed by atoms with Crippen LogP contribution in [0.15, 0.2) is 24.2 Å². The first kappa shape index (κ1) is 30.0. The van der Waals surface area contributed by atoms with Gasteiger partial charge >= 0.3 is 12.2 Å². The number of fused-ring (bicyclic) bond motifs is 3. The zero-order chi connectivity index (χ0) is 31.8. The summed E-state index contributed by atoms with van der Waals surface area (Å²) in [6.45, 7) is 2.62. The van der Waals surface area contributed by atoms with E-state index in [0.29, 0.717) is 43.9 Å². The van der Waals surface area contributed by atoms with Crippen LogP contribution in [0.3, 0.4) is 0 Å². The zero-order valence-electron chi connectivity index (χ0n) is 24.4. The predicted octanol–water partition coefficient (Wildman–Crippen LogP) is 6.68. The van der Waals surface area contributed by atoms with Crippen LogP contribution in [0.4, 0.5) is 42.2 Å². The second kappa shape index (κ2) is 10.7. The number of halogens is 7. The van der Waals surface area contributed by atoms with Crippen LogP contribution in [0, 0.1) is 24.5 Å². The average Bonchev–Trinajstić information content (AvgIpc) is 3.35. The van der Waals surface area contributed by atoms with E-state index in [1.807, 2.05) is 0 Å². The number of rotatable bonds is 5. The Morgan fingerprint density at radius 1 is 1.13 bits per heavy atom. The van der Waals surface area contributed by atoms with Crippen LogP contribution >= 0.6 is 0 Å². The van der Waals surface area contributed by atoms with Crippen molar-refractivity contribution in [2.45, 2.75) is 69.4 Å². The van der Waals surface area contributed by atoms with Crippen molar-refractivity contribution in [2.24, 2.45) is 5.92 Å². The summed E-state index contributed by atoms with van der Waals surface area (Å²) in [4.78, 5) is 16.8. The minimum absolute atomic E-state index is 0.0680. The van der Waals surface area contributed by atoms with Crippen LogP contribution in [0.1, 0.15) is 49.7 Å². The second-order valence-corrected chi connectivity index (χ2v) is 12.6. The van der Waals surface area contributed by atoms with Gasteiger partial charge in [0.05, 0.1) is 34.5 Å². The Labute approximate surface area is 254 Å². The SMILES string of the molecule is Cc1c(F)c(N)cc(-c2ncc3c(N4CCCC[C@@H]5[C@@H](F)[C@@H]54)nc(OC[C@@]45CCCN4C/C(=C/F)C5)nc3c2F)c1C(F)(F)F. The van der Waals surface area contributed by atoms with Gasteiger partial charge < -0.3 is 15.4 Å². The van der Waals surface area contributed by atoms with E-state index >= 15 is 4.39 Å². The number of nitrogen functional groups attached to an aromatic ring is 1. The summed E-state index contributed by atoms with van der Waals surface area (Å²) in [6.07, 6.45) is -0.110. The molecule has 0 bridgehead atoms. The predicted molar refractivity (Wildman–Crippen MR) is 153 cm³/mol. The summed E-state index contributed by atoms with van der Waals surface area (Å²) in [6, 6.07) is -0.0212. The summed E-state index contributed by atoms with van der Waals surface area (Å²) >= 11 is 0. The highest BCUT2D eigenvalue weighted by Gasteiger charge is 2.56. The van der Waals surface area contributed by atoms with E-state index in [1.54, 1.807) is 4.90 Å². The third-order valence-corrected chi connectivity index (χ3v) is 9.88. The van der Waals surface area contributed by atoms with Crippen LogP contribution in [0.5, 0.6) is 6.01 Å². The Hall–Kier alpha value is -3.68. The molecule has 3 aromatic rings. The fourth-order valence-corrected chi connectivity index (χ4v) is 7.62. The summed E-state index contributed by atoms with van der Waals surface area (Å²) < 4.78 is 108. The number of alkyl halides is 4. The number of pyridine rings is 1. The minimum atomic E-state index is -5.05. The highest BCUT2D eigenvalue weighted by molar-refractivity contribution is 5.93. The summed E-state index contributed by atoms with van der Waals surface area (Å²) in [7, 11) is 0. The molecule has 1 aliphatic carbocycles. The molecule has 0 radical (unpaired) electrons. The lowest BCUT2D eigenvalue weighted by molar-refractivity contribution is -0.137. The number of hydrogen-bond donors (Lipinski definition) is 1. The summed E-state index contributed by atoms with van der Waals surface area (Å²) in [5.41, 5.74) is 1.18. The molecule has 240 valence electrons. The first-order valence-corrected chi connectivity index (χ1v) is 15.0. The molecule has 3 saturated heterocycles. The van der Waals surface area contributed by atoms with E-state index < -0.39 is 63.6 Å². The molecule has 5 heterocycles. The number of ether oxygens (including phenoxy) is 1. The largest absolute Gasteiger partial charge is 0.461 e. The van der Waals surface area contributed by atoms with Crippen LogP contribution in [-0.2, 0) is 6.18 Å².